The van der Waals surface area contributed by atoms with Crippen molar-refractivity contribution >= 4 is 11.9 Å². The Morgan fingerprint density at radius 1 is 1.20 bits per heavy atom. The van der Waals surface area contributed by atoms with Crippen molar-refractivity contribution in [3.8, 4) is 22.9 Å². The molecular formula is C22H23N5O3. The minimum atomic E-state index is -0.555. The van der Waals surface area contributed by atoms with Crippen LogP contribution in [0.1, 0.15) is 25.5 Å². The predicted molar refractivity (Wildman–Crippen MR) is 113 cm³/mol. The monoisotopic (exact) mass is 405 g/mol. The third-order valence-electron chi connectivity index (χ3n) is 4.98. The molecular weight excluding hydrogens is 382 g/mol. The Morgan fingerprint density at radius 2 is 1.93 bits per heavy atom. The van der Waals surface area contributed by atoms with Gasteiger partial charge in [-0.15, -0.1) is 5.10 Å². The molecule has 4 rings (SSSR count). The highest BCUT2D eigenvalue weighted by Crippen LogP contribution is 2.39. The van der Waals surface area contributed by atoms with Gasteiger partial charge in [-0.25, -0.2) is 4.68 Å². The summed E-state index contributed by atoms with van der Waals surface area (Å²) in [4.78, 5) is 17.0. The zero-order valence-electron chi connectivity index (χ0n) is 17.0. The van der Waals surface area contributed by atoms with Gasteiger partial charge in [0.1, 0.15) is 17.5 Å². The van der Waals surface area contributed by atoms with Crippen molar-refractivity contribution in [2.75, 3.05) is 19.0 Å². The first-order valence-corrected chi connectivity index (χ1v) is 9.63. The molecule has 30 heavy (non-hydrogen) atoms. The van der Waals surface area contributed by atoms with Gasteiger partial charge in [0.15, 0.2) is 5.82 Å². The summed E-state index contributed by atoms with van der Waals surface area (Å²) in [5.74, 6) is 1.95. The molecule has 8 heteroatoms. The third-order valence-corrected chi connectivity index (χ3v) is 4.98. The molecule has 154 valence electrons. The molecule has 2 heterocycles. The van der Waals surface area contributed by atoms with Crippen LogP contribution in [0.15, 0.2) is 59.8 Å². The second-order valence-electron chi connectivity index (χ2n) is 6.83. The van der Waals surface area contributed by atoms with Crippen LogP contribution in [0.3, 0.4) is 0 Å². The lowest BCUT2D eigenvalue weighted by molar-refractivity contribution is -0.115. The van der Waals surface area contributed by atoms with E-state index in [2.05, 4.69) is 10.3 Å². The molecule has 1 aromatic heterocycles. The number of nitrogens with two attached hydrogens (primary N) is 1. The summed E-state index contributed by atoms with van der Waals surface area (Å²) < 4.78 is 12.7. The summed E-state index contributed by atoms with van der Waals surface area (Å²) in [7, 11) is 1.62. The molecule has 0 aliphatic carbocycles. The van der Waals surface area contributed by atoms with Crippen molar-refractivity contribution in [1.82, 2.24) is 14.8 Å². The van der Waals surface area contributed by atoms with E-state index in [1.165, 1.54) is 0 Å². The van der Waals surface area contributed by atoms with E-state index in [0.29, 0.717) is 35.4 Å². The van der Waals surface area contributed by atoms with Gasteiger partial charge in [0.05, 0.1) is 19.3 Å². The van der Waals surface area contributed by atoms with Crippen molar-refractivity contribution in [1.29, 1.82) is 0 Å². The molecule has 0 radical (unpaired) electrons. The fourth-order valence-corrected chi connectivity index (χ4v) is 3.61. The van der Waals surface area contributed by atoms with Gasteiger partial charge in [0.25, 0.3) is 0 Å². The number of nitrogens with zero attached hydrogens (tertiary/aromatic N) is 3. The largest absolute Gasteiger partial charge is 0.497 e. The number of ether oxygens (including phenoxy) is 2. The summed E-state index contributed by atoms with van der Waals surface area (Å²) in [5.41, 5.74) is 8.44. The second-order valence-corrected chi connectivity index (χ2v) is 6.83. The van der Waals surface area contributed by atoms with E-state index in [1.807, 2.05) is 62.4 Å². The highest BCUT2D eigenvalue weighted by Gasteiger charge is 2.35. The molecule has 0 unspecified atom stereocenters. The highest BCUT2D eigenvalue weighted by molar-refractivity contribution is 5.95. The number of aromatic nitrogens is 3. The molecule has 1 atom stereocenters. The molecule has 0 fully saturated rings. The number of primary amides is 1. The molecule has 3 aromatic rings. The standard InChI is InChI=1S/C22H23N5O3/c1-4-30-17-8-6-5-7-16(17)19-18(20(23)28)13(2)24-22-25-21(26-27(19)22)14-9-11-15(29-3)12-10-14/h5-12,19H,4H2,1-3H3,(H2,23,28)(H,24,25,26)/t19-/m0/s1. The number of benzene rings is 2. The minimum Gasteiger partial charge on any atom is -0.497 e. The van der Waals surface area contributed by atoms with Crippen LogP contribution < -0.4 is 20.5 Å². The Kier molecular flexibility index (Phi) is 5.14. The normalized spacial score (nSPS) is 15.4. The molecule has 1 aliphatic heterocycles. The van der Waals surface area contributed by atoms with Gasteiger partial charge >= 0.3 is 0 Å². The molecule has 0 saturated heterocycles. The Balaban J connectivity index is 1.86. The lowest BCUT2D eigenvalue weighted by atomic mass is 9.94. The van der Waals surface area contributed by atoms with Crippen LogP contribution in [-0.2, 0) is 4.79 Å². The maximum absolute atomic E-state index is 12.4. The van der Waals surface area contributed by atoms with Crippen LogP contribution in [0.2, 0.25) is 0 Å². The van der Waals surface area contributed by atoms with Gasteiger partial charge in [-0.2, -0.15) is 4.98 Å². The quantitative estimate of drug-likeness (QED) is 0.653. The van der Waals surface area contributed by atoms with E-state index in [0.717, 1.165) is 16.9 Å². The first kappa shape index (κ1) is 19.5. The summed E-state index contributed by atoms with van der Waals surface area (Å²) in [6, 6.07) is 14.5. The molecule has 3 N–H and O–H groups in total. The summed E-state index contributed by atoms with van der Waals surface area (Å²) in [6.45, 7) is 4.22. The van der Waals surface area contributed by atoms with Crippen LogP contribution in [0.5, 0.6) is 11.5 Å². The number of nitrogens with one attached hydrogen (secondary N) is 1. The highest BCUT2D eigenvalue weighted by atomic mass is 16.5. The maximum atomic E-state index is 12.4. The smallest absolute Gasteiger partial charge is 0.248 e. The van der Waals surface area contributed by atoms with Gasteiger partial charge in [0.2, 0.25) is 11.9 Å². The van der Waals surface area contributed by atoms with E-state index < -0.39 is 11.9 Å². The van der Waals surface area contributed by atoms with Gasteiger partial charge in [-0.05, 0) is 44.2 Å². The van der Waals surface area contributed by atoms with Crippen molar-refractivity contribution in [3.63, 3.8) is 0 Å². The molecule has 0 spiro atoms. The molecule has 0 bridgehead atoms. The van der Waals surface area contributed by atoms with Crippen molar-refractivity contribution < 1.29 is 14.3 Å². The fourth-order valence-electron chi connectivity index (χ4n) is 3.61. The lowest BCUT2D eigenvalue weighted by Gasteiger charge is -2.28. The first-order chi connectivity index (χ1) is 14.5. The first-order valence-electron chi connectivity index (χ1n) is 9.63. The molecule has 0 saturated carbocycles. The van der Waals surface area contributed by atoms with E-state index in [1.54, 1.807) is 11.8 Å². The third kappa shape index (κ3) is 3.36. The van der Waals surface area contributed by atoms with E-state index in [4.69, 9.17) is 20.3 Å². The summed E-state index contributed by atoms with van der Waals surface area (Å²) in [6.07, 6.45) is 0. The Bertz CT molecular complexity index is 1120. The lowest BCUT2D eigenvalue weighted by Crippen LogP contribution is -2.32. The topological polar surface area (TPSA) is 104 Å². The number of hydrogen-bond donors (Lipinski definition) is 2. The van der Waals surface area contributed by atoms with E-state index in [9.17, 15) is 4.79 Å². The van der Waals surface area contributed by atoms with Crippen LogP contribution in [0, 0.1) is 0 Å². The fraction of sp³-hybridized carbons (Fsp3) is 0.227. The summed E-state index contributed by atoms with van der Waals surface area (Å²) in [5, 5.41) is 7.87. The number of allylic oxidation sites excluding steroid dienone is 1. The number of hydrogen-bond acceptors (Lipinski definition) is 6. The maximum Gasteiger partial charge on any atom is 0.248 e. The Labute approximate surface area is 174 Å². The average Bonchev–Trinajstić information content (AvgIpc) is 3.17. The zero-order valence-corrected chi connectivity index (χ0v) is 17.0. The Morgan fingerprint density at radius 3 is 2.60 bits per heavy atom. The van der Waals surface area contributed by atoms with Gasteiger partial charge < -0.3 is 20.5 Å². The van der Waals surface area contributed by atoms with Gasteiger partial charge in [-0.3, -0.25) is 4.79 Å². The van der Waals surface area contributed by atoms with Crippen molar-refractivity contribution in [3.05, 3.63) is 65.4 Å². The number of amides is 1. The van der Waals surface area contributed by atoms with Crippen LogP contribution in [0.25, 0.3) is 11.4 Å². The molecule has 1 aliphatic rings. The zero-order chi connectivity index (χ0) is 21.3. The molecule has 8 nitrogen and oxygen atoms in total. The van der Waals surface area contributed by atoms with Crippen LogP contribution in [-0.4, -0.2) is 34.4 Å². The van der Waals surface area contributed by atoms with E-state index >= 15 is 0 Å². The van der Waals surface area contributed by atoms with Crippen LogP contribution in [0.4, 0.5) is 5.95 Å². The number of methoxy groups -OCH3 is 1. The van der Waals surface area contributed by atoms with Crippen molar-refractivity contribution in [2.45, 2.75) is 19.9 Å². The Hall–Kier alpha value is -3.81. The number of carbonyl (C=O) groups excluding carboxylic acids is 1. The number of para-hydroxylation sites is 1. The molecule has 1 amide bonds. The van der Waals surface area contributed by atoms with Gasteiger partial charge in [-0.1, -0.05) is 18.2 Å². The number of anilines is 1. The number of fused-ring (bicyclic) bond motifs is 1. The van der Waals surface area contributed by atoms with E-state index in [-0.39, 0.29) is 0 Å². The predicted octanol–water partition coefficient (Wildman–Crippen LogP) is 3.13. The average molecular weight is 405 g/mol. The van der Waals surface area contributed by atoms with Crippen LogP contribution >= 0.6 is 0 Å². The number of rotatable bonds is 6. The minimum absolute atomic E-state index is 0.417. The SMILES string of the molecule is CCOc1ccccc1[C@H]1C(C(N)=O)=C(C)Nc2nc(-c3ccc(OC)cc3)nn21. The second kappa shape index (κ2) is 7.90. The van der Waals surface area contributed by atoms with Crippen molar-refractivity contribution in [2.24, 2.45) is 5.73 Å². The van der Waals surface area contributed by atoms with Gasteiger partial charge in [0, 0.05) is 16.8 Å². The molecule has 2 aromatic carbocycles. The summed E-state index contributed by atoms with van der Waals surface area (Å²) >= 11 is 0. The number of carbonyl (C=O) groups is 1.